The van der Waals surface area contributed by atoms with E-state index in [2.05, 4.69) is 16.4 Å². The minimum Gasteiger partial charge on any atom is -0.333 e. The maximum atomic E-state index is 14.0. The predicted molar refractivity (Wildman–Crippen MR) is 172 cm³/mol. The predicted octanol–water partition coefficient (Wildman–Crippen LogP) is 6.70. The quantitative estimate of drug-likeness (QED) is 0.140. The van der Waals surface area contributed by atoms with Crippen molar-refractivity contribution in [3.8, 4) is 6.07 Å². The first kappa shape index (κ1) is 33.4. The van der Waals surface area contributed by atoms with Crippen LogP contribution in [0.1, 0.15) is 47.4 Å². The fourth-order valence-electron chi connectivity index (χ4n) is 5.23. The molecule has 2 atom stereocenters. The second-order valence-electron chi connectivity index (χ2n) is 11.3. The van der Waals surface area contributed by atoms with Gasteiger partial charge in [0.2, 0.25) is 0 Å². The molecule has 0 aliphatic rings. The fraction of sp³-hybridized carbons (Fsp3) is 0.294. The number of rotatable bonds is 11. The molecule has 0 amide bonds. The van der Waals surface area contributed by atoms with Crippen molar-refractivity contribution >= 4 is 28.8 Å². The fourth-order valence-corrected chi connectivity index (χ4v) is 5.53. The number of anilines is 1. The van der Waals surface area contributed by atoms with Crippen molar-refractivity contribution in [2.45, 2.75) is 52.6 Å². The highest BCUT2D eigenvalue weighted by Crippen LogP contribution is 2.33. The molecule has 0 aliphatic heterocycles. The third-order valence-electron chi connectivity index (χ3n) is 7.63. The Kier molecular flexibility index (Phi) is 10.8. The van der Waals surface area contributed by atoms with E-state index in [9.17, 15) is 18.0 Å². The van der Waals surface area contributed by atoms with E-state index in [0.29, 0.717) is 23.5 Å². The molecule has 11 heteroatoms. The van der Waals surface area contributed by atoms with Crippen LogP contribution in [0.5, 0.6) is 0 Å². The van der Waals surface area contributed by atoms with Gasteiger partial charge in [-0.05, 0) is 66.5 Å². The van der Waals surface area contributed by atoms with E-state index in [-0.39, 0.29) is 35.3 Å². The van der Waals surface area contributed by atoms with Gasteiger partial charge >= 0.3 is 6.18 Å². The van der Waals surface area contributed by atoms with Crippen LogP contribution in [-0.4, -0.2) is 31.5 Å². The van der Waals surface area contributed by atoms with Crippen molar-refractivity contribution < 1.29 is 18.0 Å². The van der Waals surface area contributed by atoms with Gasteiger partial charge in [-0.15, -0.1) is 0 Å². The first-order valence-corrected chi connectivity index (χ1v) is 14.8. The van der Waals surface area contributed by atoms with Crippen molar-refractivity contribution in [3.63, 3.8) is 0 Å². The molecular formula is C34H35F3N6OS. The van der Waals surface area contributed by atoms with Crippen molar-refractivity contribution in [2.24, 2.45) is 17.6 Å². The summed E-state index contributed by atoms with van der Waals surface area (Å²) in [7, 11) is 0. The zero-order chi connectivity index (χ0) is 32.7. The summed E-state index contributed by atoms with van der Waals surface area (Å²) >= 11 is 5.73. The number of nitrogens with one attached hydrogen (secondary N) is 1. The molecule has 0 radical (unpaired) electrons. The summed E-state index contributed by atoms with van der Waals surface area (Å²) in [5.41, 5.74) is 9.83. The summed E-state index contributed by atoms with van der Waals surface area (Å²) in [6.45, 7) is 5.83. The number of nitrogens with zero attached hydrogens (tertiary/aromatic N) is 4. The van der Waals surface area contributed by atoms with E-state index in [4.69, 9.17) is 23.2 Å². The molecule has 0 saturated carbocycles. The molecule has 0 spiro atoms. The first-order valence-electron chi connectivity index (χ1n) is 14.4. The van der Waals surface area contributed by atoms with Crippen LogP contribution < -0.4 is 11.1 Å². The van der Waals surface area contributed by atoms with E-state index >= 15 is 0 Å². The number of alkyl halides is 3. The molecule has 45 heavy (non-hydrogen) atoms. The van der Waals surface area contributed by atoms with E-state index in [1.54, 1.807) is 24.7 Å². The molecule has 0 bridgehead atoms. The number of hydrogen-bond acceptors (Lipinski definition) is 5. The minimum absolute atomic E-state index is 0.0102. The van der Waals surface area contributed by atoms with Gasteiger partial charge in [-0.1, -0.05) is 61.9 Å². The van der Waals surface area contributed by atoms with Gasteiger partial charge in [0.05, 0.1) is 35.6 Å². The molecule has 1 aromatic heterocycles. The van der Waals surface area contributed by atoms with Gasteiger partial charge in [-0.2, -0.15) is 18.4 Å². The Morgan fingerprint density at radius 3 is 2.38 bits per heavy atom. The van der Waals surface area contributed by atoms with Crippen LogP contribution in [0.4, 0.5) is 18.9 Å². The van der Waals surface area contributed by atoms with Crippen molar-refractivity contribution in [3.05, 3.63) is 119 Å². The number of benzene rings is 3. The second kappa shape index (κ2) is 14.5. The number of imidazole rings is 1. The van der Waals surface area contributed by atoms with Crippen LogP contribution in [0, 0.1) is 30.1 Å². The lowest BCUT2D eigenvalue weighted by Gasteiger charge is -2.38. The minimum atomic E-state index is -4.58. The maximum Gasteiger partial charge on any atom is 0.416 e. The maximum absolute atomic E-state index is 14.0. The lowest BCUT2D eigenvalue weighted by Crippen LogP contribution is -2.55. The van der Waals surface area contributed by atoms with Gasteiger partial charge in [0, 0.05) is 37.1 Å². The highest BCUT2D eigenvalue weighted by molar-refractivity contribution is 7.80. The number of aromatic nitrogens is 2. The van der Waals surface area contributed by atoms with E-state index < -0.39 is 23.8 Å². The Morgan fingerprint density at radius 1 is 1.09 bits per heavy atom. The van der Waals surface area contributed by atoms with E-state index in [1.807, 2.05) is 61.7 Å². The van der Waals surface area contributed by atoms with Gasteiger partial charge in [0.15, 0.2) is 5.11 Å². The molecule has 3 aromatic carbocycles. The Morgan fingerprint density at radius 2 is 1.76 bits per heavy atom. The number of ketones is 1. The zero-order valence-corrected chi connectivity index (χ0v) is 26.1. The lowest BCUT2D eigenvalue weighted by molar-refractivity contribution is -0.138. The lowest BCUT2D eigenvalue weighted by atomic mass is 9.86. The van der Waals surface area contributed by atoms with E-state index in [0.717, 1.165) is 17.2 Å². The average molecular weight is 633 g/mol. The van der Waals surface area contributed by atoms with Gasteiger partial charge < -0.3 is 20.5 Å². The van der Waals surface area contributed by atoms with Gasteiger partial charge in [0.25, 0.3) is 0 Å². The Balaban J connectivity index is 1.62. The molecular weight excluding hydrogens is 597 g/mol. The number of nitrogens with two attached hydrogens (primary N) is 1. The molecule has 7 nitrogen and oxygen atoms in total. The smallest absolute Gasteiger partial charge is 0.333 e. The molecule has 1 heterocycles. The highest BCUT2D eigenvalue weighted by atomic mass is 32.1. The summed E-state index contributed by atoms with van der Waals surface area (Å²) in [5, 5.41) is 12.3. The number of carbonyl (C=O) groups is 1. The zero-order valence-electron chi connectivity index (χ0n) is 25.3. The third kappa shape index (κ3) is 8.56. The van der Waals surface area contributed by atoms with Gasteiger partial charge in [-0.3, -0.25) is 4.79 Å². The molecule has 1 unspecified atom stereocenters. The highest BCUT2D eigenvalue weighted by Gasteiger charge is 2.37. The third-order valence-corrected chi connectivity index (χ3v) is 7.97. The van der Waals surface area contributed by atoms with Crippen LogP contribution in [0.2, 0.25) is 0 Å². The summed E-state index contributed by atoms with van der Waals surface area (Å²) in [6, 6.07) is 21.9. The molecule has 0 aliphatic carbocycles. The van der Waals surface area contributed by atoms with E-state index in [1.165, 1.54) is 23.1 Å². The Hall–Kier alpha value is -4.53. The molecule has 234 valence electrons. The molecule has 0 fully saturated rings. The van der Waals surface area contributed by atoms with Crippen LogP contribution in [0.25, 0.3) is 0 Å². The van der Waals surface area contributed by atoms with Crippen LogP contribution in [0.3, 0.4) is 0 Å². The molecule has 4 rings (SSSR count). The number of nitriles is 1. The standard InChI is InChI=1S/C34H35F3N6OS/c1-22(2)31(30(44)16-28-18-40-21-42(28)19-25-12-10-24(17-38)11-13-25)32(39)43(33(45)41-27-14-8-23(3)9-15-27)20-26-6-4-5-7-29(26)34(35,36)37/h4-15,18,21-22,31-32H,16,19-20,39H2,1-3H3,(H,41,45)/t31-,32?/m1/s1. The SMILES string of the molecule is Cc1ccc(NC(=S)N(Cc2ccccc2C(F)(F)F)C(N)[C@@H](C(=O)Cc2cncn2Cc2ccc(C#N)cc2)C(C)C)cc1. The molecule has 3 N–H and O–H groups in total. The van der Waals surface area contributed by atoms with Crippen molar-refractivity contribution in [2.75, 3.05) is 5.32 Å². The Bertz CT molecular complexity index is 1660. The number of aryl methyl sites for hydroxylation is 1. The number of Topliss-reactive ketones (excluding diaryl/α,β-unsaturated/α-hetero) is 1. The summed E-state index contributed by atoms with van der Waals surface area (Å²) in [5.74, 6) is -1.23. The van der Waals surface area contributed by atoms with Gasteiger partial charge in [0.1, 0.15) is 5.78 Å². The number of halogens is 3. The normalized spacial score (nSPS) is 12.8. The largest absolute Gasteiger partial charge is 0.416 e. The number of hydrogen-bond donors (Lipinski definition) is 2. The van der Waals surface area contributed by atoms with Crippen LogP contribution in [0.15, 0.2) is 85.3 Å². The monoisotopic (exact) mass is 632 g/mol. The van der Waals surface area contributed by atoms with Crippen LogP contribution in [-0.2, 0) is 30.5 Å². The first-order chi connectivity index (χ1) is 21.4. The van der Waals surface area contributed by atoms with Crippen molar-refractivity contribution in [1.82, 2.24) is 14.5 Å². The summed E-state index contributed by atoms with van der Waals surface area (Å²) in [4.78, 5) is 19.7. The number of thiocarbonyl (C=S) groups is 1. The molecule has 4 aromatic rings. The molecule has 0 saturated heterocycles. The van der Waals surface area contributed by atoms with Crippen LogP contribution >= 0.6 is 12.2 Å². The summed E-state index contributed by atoms with van der Waals surface area (Å²) in [6.07, 6.45) is -2.37. The second-order valence-corrected chi connectivity index (χ2v) is 11.7. The average Bonchev–Trinajstić information content (AvgIpc) is 3.42. The number of carbonyl (C=O) groups excluding carboxylic acids is 1. The topological polar surface area (TPSA) is 100.0 Å². The van der Waals surface area contributed by atoms with Gasteiger partial charge in [-0.25, -0.2) is 4.98 Å². The Labute approximate surface area is 266 Å². The summed E-state index contributed by atoms with van der Waals surface area (Å²) < 4.78 is 43.8. The van der Waals surface area contributed by atoms with Crippen molar-refractivity contribution in [1.29, 1.82) is 5.26 Å².